The van der Waals surface area contributed by atoms with Crippen LogP contribution >= 0.6 is 23.3 Å². The molecule has 0 amide bonds. The van der Waals surface area contributed by atoms with Gasteiger partial charge in [0.25, 0.3) is 0 Å². The summed E-state index contributed by atoms with van der Waals surface area (Å²) in [5, 5.41) is 8.74. The highest BCUT2D eigenvalue weighted by molar-refractivity contribution is 8.00. The molecule has 0 aliphatic carbocycles. The summed E-state index contributed by atoms with van der Waals surface area (Å²) >= 11 is 2.94. The van der Waals surface area contributed by atoms with Crippen LogP contribution in [0.2, 0.25) is 0 Å². The summed E-state index contributed by atoms with van der Waals surface area (Å²) in [6, 6.07) is 6.35. The molecule has 0 fully saturated rings. The van der Waals surface area contributed by atoms with Gasteiger partial charge in [0, 0.05) is 5.75 Å². The van der Waals surface area contributed by atoms with E-state index in [4.69, 9.17) is 9.84 Å². The number of aromatic carboxylic acids is 1. The van der Waals surface area contributed by atoms with Gasteiger partial charge >= 0.3 is 5.97 Å². The van der Waals surface area contributed by atoms with Crippen molar-refractivity contribution in [1.82, 2.24) is 9.36 Å². The standard InChI is InChI=1S/C11H10N2O3S2/c14-10(15)8-1-3-9(4-2-8)16-5-6-17-11-12-7-13-18-11/h1-4,7H,5-6H2,(H,14,15). The second-order valence-corrected chi connectivity index (χ2v) is 5.36. The molecule has 18 heavy (non-hydrogen) atoms. The molecule has 0 bridgehead atoms. The fourth-order valence-electron chi connectivity index (χ4n) is 1.21. The van der Waals surface area contributed by atoms with Crippen molar-refractivity contribution in [3.63, 3.8) is 0 Å². The molecular formula is C11H10N2O3S2. The van der Waals surface area contributed by atoms with E-state index in [-0.39, 0.29) is 5.56 Å². The van der Waals surface area contributed by atoms with Gasteiger partial charge < -0.3 is 9.84 Å². The topological polar surface area (TPSA) is 72.3 Å². The first-order valence-corrected chi connectivity index (χ1v) is 6.87. The van der Waals surface area contributed by atoms with Crippen LogP contribution in [0, 0.1) is 0 Å². The van der Waals surface area contributed by atoms with Gasteiger partial charge in [-0.3, -0.25) is 0 Å². The van der Waals surface area contributed by atoms with Crippen LogP contribution in [0.3, 0.4) is 0 Å². The zero-order valence-corrected chi connectivity index (χ0v) is 10.9. The van der Waals surface area contributed by atoms with Crippen LogP contribution in [0.4, 0.5) is 0 Å². The largest absolute Gasteiger partial charge is 0.493 e. The van der Waals surface area contributed by atoms with Crippen LogP contribution in [0.1, 0.15) is 10.4 Å². The number of hydrogen-bond acceptors (Lipinski definition) is 6. The number of nitrogens with zero attached hydrogens (tertiary/aromatic N) is 2. The molecule has 94 valence electrons. The highest BCUT2D eigenvalue weighted by Gasteiger charge is 2.02. The van der Waals surface area contributed by atoms with Crippen molar-refractivity contribution in [1.29, 1.82) is 0 Å². The third kappa shape index (κ3) is 3.71. The minimum atomic E-state index is -0.937. The Morgan fingerprint density at radius 2 is 2.17 bits per heavy atom. The number of carboxylic acid groups (broad SMARTS) is 1. The summed E-state index contributed by atoms with van der Waals surface area (Å²) in [4.78, 5) is 14.7. The number of aromatic nitrogens is 2. The van der Waals surface area contributed by atoms with Crippen molar-refractivity contribution in [2.45, 2.75) is 4.34 Å². The highest BCUT2D eigenvalue weighted by Crippen LogP contribution is 2.18. The van der Waals surface area contributed by atoms with Crippen molar-refractivity contribution in [3.05, 3.63) is 36.2 Å². The van der Waals surface area contributed by atoms with Crippen molar-refractivity contribution >= 4 is 29.3 Å². The molecular weight excluding hydrogens is 272 g/mol. The molecule has 1 aromatic heterocycles. The zero-order chi connectivity index (χ0) is 12.8. The lowest BCUT2D eigenvalue weighted by molar-refractivity contribution is 0.0697. The van der Waals surface area contributed by atoms with Gasteiger partial charge in [-0.25, -0.2) is 9.78 Å². The quantitative estimate of drug-likeness (QED) is 0.648. The van der Waals surface area contributed by atoms with Gasteiger partial charge in [0.2, 0.25) is 0 Å². The van der Waals surface area contributed by atoms with Crippen LogP contribution in [-0.4, -0.2) is 32.8 Å². The monoisotopic (exact) mass is 282 g/mol. The summed E-state index contributed by atoms with van der Waals surface area (Å²) < 4.78 is 10.3. The average molecular weight is 282 g/mol. The van der Waals surface area contributed by atoms with Gasteiger partial charge in [-0.1, -0.05) is 11.8 Å². The molecule has 1 N–H and O–H groups in total. The van der Waals surface area contributed by atoms with Gasteiger partial charge in [0.05, 0.1) is 12.2 Å². The van der Waals surface area contributed by atoms with Crippen molar-refractivity contribution in [2.24, 2.45) is 0 Å². The van der Waals surface area contributed by atoms with E-state index in [1.165, 1.54) is 30.0 Å². The first-order chi connectivity index (χ1) is 8.75. The van der Waals surface area contributed by atoms with Gasteiger partial charge in [0.15, 0.2) is 4.34 Å². The Morgan fingerprint density at radius 3 is 2.78 bits per heavy atom. The Morgan fingerprint density at radius 1 is 1.39 bits per heavy atom. The minimum absolute atomic E-state index is 0.255. The normalized spacial score (nSPS) is 10.2. The summed E-state index contributed by atoms with van der Waals surface area (Å²) in [5.74, 6) is 0.502. The maximum atomic E-state index is 10.6. The second-order valence-electron chi connectivity index (χ2n) is 3.23. The summed E-state index contributed by atoms with van der Waals surface area (Å²) in [5.41, 5.74) is 0.255. The number of carboxylic acids is 1. The molecule has 2 rings (SSSR count). The summed E-state index contributed by atoms with van der Waals surface area (Å²) in [6.07, 6.45) is 1.53. The van der Waals surface area contributed by atoms with Crippen LogP contribution in [0.5, 0.6) is 5.75 Å². The van der Waals surface area contributed by atoms with Gasteiger partial charge in [-0.15, -0.1) is 0 Å². The van der Waals surface area contributed by atoms with Crippen LogP contribution in [0.25, 0.3) is 0 Å². The van der Waals surface area contributed by atoms with E-state index in [1.54, 1.807) is 23.9 Å². The molecule has 0 spiro atoms. The van der Waals surface area contributed by atoms with E-state index < -0.39 is 5.97 Å². The predicted octanol–water partition coefficient (Wildman–Crippen LogP) is 2.41. The second kappa shape index (κ2) is 6.36. The molecule has 0 atom stereocenters. The lowest BCUT2D eigenvalue weighted by atomic mass is 10.2. The van der Waals surface area contributed by atoms with Crippen molar-refractivity contribution in [3.8, 4) is 5.75 Å². The van der Waals surface area contributed by atoms with Gasteiger partial charge in [0.1, 0.15) is 12.1 Å². The third-order valence-corrected chi connectivity index (χ3v) is 3.78. The smallest absolute Gasteiger partial charge is 0.335 e. The van der Waals surface area contributed by atoms with Crippen LogP contribution in [0.15, 0.2) is 34.9 Å². The Bertz CT molecular complexity index is 500. The van der Waals surface area contributed by atoms with E-state index in [0.717, 1.165) is 10.1 Å². The lowest BCUT2D eigenvalue weighted by Crippen LogP contribution is -2.01. The van der Waals surface area contributed by atoms with E-state index in [0.29, 0.717) is 12.4 Å². The third-order valence-electron chi connectivity index (χ3n) is 2.02. The Labute approximate surface area is 112 Å². The SMILES string of the molecule is O=C(O)c1ccc(OCCSc2ncns2)cc1. The molecule has 1 heterocycles. The average Bonchev–Trinajstić information content (AvgIpc) is 2.88. The number of hydrogen-bond donors (Lipinski definition) is 1. The molecule has 2 aromatic rings. The van der Waals surface area contributed by atoms with Crippen LogP contribution < -0.4 is 4.74 Å². The fraction of sp³-hybridized carbons (Fsp3) is 0.182. The highest BCUT2D eigenvalue weighted by atomic mass is 32.2. The first-order valence-electron chi connectivity index (χ1n) is 5.11. The number of thioether (sulfide) groups is 1. The summed E-state index contributed by atoms with van der Waals surface area (Å²) in [7, 11) is 0. The summed E-state index contributed by atoms with van der Waals surface area (Å²) in [6.45, 7) is 0.538. The maximum absolute atomic E-state index is 10.6. The van der Waals surface area contributed by atoms with Crippen LogP contribution in [-0.2, 0) is 0 Å². The van der Waals surface area contributed by atoms with E-state index in [1.807, 2.05) is 0 Å². The van der Waals surface area contributed by atoms with E-state index in [2.05, 4.69) is 9.36 Å². The van der Waals surface area contributed by atoms with Crippen molar-refractivity contribution < 1.29 is 14.6 Å². The van der Waals surface area contributed by atoms with Crippen molar-refractivity contribution in [2.75, 3.05) is 12.4 Å². The number of rotatable bonds is 6. The predicted molar refractivity (Wildman–Crippen MR) is 69.5 cm³/mol. The Hall–Kier alpha value is -1.60. The molecule has 0 aliphatic rings. The molecule has 0 unspecified atom stereocenters. The lowest BCUT2D eigenvalue weighted by Gasteiger charge is -2.05. The van der Waals surface area contributed by atoms with E-state index in [9.17, 15) is 4.79 Å². The fourth-order valence-corrected chi connectivity index (χ4v) is 2.54. The zero-order valence-electron chi connectivity index (χ0n) is 9.28. The molecule has 0 saturated carbocycles. The first kappa shape index (κ1) is 12.8. The molecule has 0 radical (unpaired) electrons. The number of ether oxygens (including phenoxy) is 1. The molecule has 7 heteroatoms. The van der Waals surface area contributed by atoms with Gasteiger partial charge in [-0.05, 0) is 35.8 Å². The number of benzene rings is 1. The number of carbonyl (C=O) groups is 1. The molecule has 5 nitrogen and oxygen atoms in total. The molecule has 0 saturated heterocycles. The Balaban J connectivity index is 1.75. The molecule has 1 aromatic carbocycles. The maximum Gasteiger partial charge on any atom is 0.335 e. The van der Waals surface area contributed by atoms with Gasteiger partial charge in [-0.2, -0.15) is 4.37 Å². The minimum Gasteiger partial charge on any atom is -0.493 e. The Kier molecular flexibility index (Phi) is 4.54. The van der Waals surface area contributed by atoms with E-state index >= 15 is 0 Å². The molecule has 0 aliphatic heterocycles.